The van der Waals surface area contributed by atoms with Crippen LogP contribution in [-0.2, 0) is 14.3 Å². The second-order valence-corrected chi connectivity index (χ2v) is 12.4. The SMILES string of the molecule is CC(CO)(COc1ccc2c(c1)ncn2-c1ccc2cccc(N3CCC(N)CC3)c2n1)COC1O[C@H](C(=O)O)[C@@H](O)[C@H](O)[C@H]1O. The summed E-state index contributed by atoms with van der Waals surface area (Å²) in [5.41, 5.74) is 8.63. The number of hydrogen-bond donors (Lipinski definition) is 6. The number of carbonyl (C=O) groups is 1. The number of benzene rings is 2. The number of piperidine rings is 1. The quantitative estimate of drug-likeness (QED) is 0.142. The van der Waals surface area contributed by atoms with E-state index in [9.17, 15) is 30.3 Å². The van der Waals surface area contributed by atoms with Gasteiger partial charge in [0.15, 0.2) is 12.4 Å². The van der Waals surface area contributed by atoms with E-state index in [1.165, 1.54) is 0 Å². The number of rotatable bonds is 10. The molecule has 0 spiro atoms. The van der Waals surface area contributed by atoms with Crippen molar-refractivity contribution >= 4 is 33.6 Å². The van der Waals surface area contributed by atoms with Gasteiger partial charge in [0.2, 0.25) is 0 Å². The summed E-state index contributed by atoms with van der Waals surface area (Å²) in [6.45, 7) is 2.85. The van der Waals surface area contributed by atoms with Gasteiger partial charge in [-0.15, -0.1) is 0 Å². The second kappa shape index (κ2) is 13.1. The number of imidazole rings is 1. The van der Waals surface area contributed by atoms with Crippen molar-refractivity contribution in [3.63, 3.8) is 0 Å². The zero-order chi connectivity index (χ0) is 32.6. The van der Waals surface area contributed by atoms with Crippen molar-refractivity contribution in [2.24, 2.45) is 11.1 Å². The molecular formula is C32H39N5O9. The molecule has 0 amide bonds. The summed E-state index contributed by atoms with van der Waals surface area (Å²) in [6, 6.07) is 15.9. The van der Waals surface area contributed by atoms with Crippen LogP contribution in [0.5, 0.6) is 5.75 Å². The van der Waals surface area contributed by atoms with Crippen molar-refractivity contribution < 1.29 is 44.5 Å². The Bertz CT molecular complexity index is 1690. The second-order valence-electron chi connectivity index (χ2n) is 12.4. The van der Waals surface area contributed by atoms with E-state index in [-0.39, 0.29) is 25.9 Å². The monoisotopic (exact) mass is 637 g/mol. The molecular weight excluding hydrogens is 598 g/mol. The van der Waals surface area contributed by atoms with Gasteiger partial charge in [0.25, 0.3) is 0 Å². The molecule has 14 nitrogen and oxygen atoms in total. The average Bonchev–Trinajstić information content (AvgIpc) is 3.49. The summed E-state index contributed by atoms with van der Waals surface area (Å²) in [6.07, 6.45) is -5.04. The van der Waals surface area contributed by atoms with Crippen molar-refractivity contribution in [2.45, 2.75) is 56.5 Å². The number of aliphatic hydroxyl groups is 4. The third kappa shape index (κ3) is 6.37. The van der Waals surface area contributed by atoms with Crippen LogP contribution in [-0.4, -0.2) is 116 Å². The molecule has 2 saturated heterocycles. The molecule has 2 fully saturated rings. The Morgan fingerprint density at radius 2 is 1.85 bits per heavy atom. The number of aliphatic hydroxyl groups excluding tert-OH is 4. The van der Waals surface area contributed by atoms with E-state index in [4.69, 9.17) is 24.9 Å². The molecule has 0 saturated carbocycles. The number of aromatic nitrogens is 3. The number of hydrogen-bond acceptors (Lipinski definition) is 12. The number of carboxylic acids is 1. The van der Waals surface area contributed by atoms with Crippen LogP contribution in [0, 0.1) is 5.41 Å². The first kappa shape index (κ1) is 32.1. The standard InChI is InChI=1S/C32H39N5O9/c1-32(14-38,16-45-31-28(41)26(39)27(40)29(46-31)30(42)43)15-44-20-6-7-22-21(13-20)34-17-37(22)24-8-5-18-3-2-4-23(25(18)35-24)36-11-9-19(33)10-12-36/h2-8,13,17,19,26-29,31,38-41H,9-12,14-16,33H2,1H3,(H,42,43)/t26-,27-,28+,29-,31?,32?/m0/s1. The molecule has 246 valence electrons. The predicted octanol–water partition coefficient (Wildman–Crippen LogP) is 0.787. The molecule has 6 atom stereocenters. The maximum absolute atomic E-state index is 11.4. The fourth-order valence-electron chi connectivity index (χ4n) is 5.78. The van der Waals surface area contributed by atoms with Gasteiger partial charge >= 0.3 is 5.97 Å². The first-order chi connectivity index (χ1) is 22.1. The highest BCUT2D eigenvalue weighted by atomic mass is 16.7. The van der Waals surface area contributed by atoms with Crippen LogP contribution in [0.1, 0.15) is 19.8 Å². The van der Waals surface area contributed by atoms with Crippen molar-refractivity contribution in [2.75, 3.05) is 37.8 Å². The minimum atomic E-state index is -1.83. The lowest BCUT2D eigenvalue weighted by molar-refractivity contribution is -0.300. The fourth-order valence-corrected chi connectivity index (χ4v) is 5.78. The number of ether oxygens (including phenoxy) is 3. The summed E-state index contributed by atoms with van der Waals surface area (Å²) in [5, 5.41) is 50.6. The number of anilines is 1. The number of carboxylic acid groups (broad SMARTS) is 1. The molecule has 2 unspecified atom stereocenters. The van der Waals surface area contributed by atoms with Gasteiger partial charge in [-0.3, -0.25) is 4.57 Å². The lowest BCUT2D eigenvalue weighted by Crippen LogP contribution is -2.60. The van der Waals surface area contributed by atoms with E-state index in [2.05, 4.69) is 28.1 Å². The normalized spacial score (nSPS) is 25.5. The lowest BCUT2D eigenvalue weighted by Gasteiger charge is -2.39. The van der Waals surface area contributed by atoms with Crippen LogP contribution in [0.4, 0.5) is 5.69 Å². The minimum absolute atomic E-state index is 0.0114. The van der Waals surface area contributed by atoms with Crippen LogP contribution in [0.2, 0.25) is 0 Å². The smallest absolute Gasteiger partial charge is 0.335 e. The van der Waals surface area contributed by atoms with Gasteiger partial charge in [-0.05, 0) is 43.2 Å². The molecule has 0 aliphatic carbocycles. The molecule has 2 aliphatic rings. The van der Waals surface area contributed by atoms with Crippen LogP contribution in [0.25, 0.3) is 27.8 Å². The third-order valence-corrected chi connectivity index (χ3v) is 8.71. The van der Waals surface area contributed by atoms with Crippen molar-refractivity contribution in [1.82, 2.24) is 14.5 Å². The van der Waals surface area contributed by atoms with Gasteiger partial charge in [-0.1, -0.05) is 19.1 Å². The molecule has 6 rings (SSSR count). The summed E-state index contributed by atoms with van der Waals surface area (Å²) >= 11 is 0. The van der Waals surface area contributed by atoms with E-state index in [1.54, 1.807) is 25.4 Å². The Balaban J connectivity index is 1.15. The van der Waals surface area contributed by atoms with Gasteiger partial charge in [-0.25, -0.2) is 14.8 Å². The van der Waals surface area contributed by atoms with Gasteiger partial charge in [0.05, 0.1) is 42.1 Å². The largest absolute Gasteiger partial charge is 0.493 e. The number of pyridine rings is 1. The van der Waals surface area contributed by atoms with Gasteiger partial charge < -0.3 is 50.4 Å². The van der Waals surface area contributed by atoms with Gasteiger partial charge in [0.1, 0.15) is 36.2 Å². The van der Waals surface area contributed by atoms with Gasteiger partial charge in [0, 0.05) is 36.0 Å². The summed E-state index contributed by atoms with van der Waals surface area (Å²) in [4.78, 5) is 23.3. The number of para-hydroxylation sites is 1. The number of nitrogens with zero attached hydrogens (tertiary/aromatic N) is 4. The molecule has 2 aliphatic heterocycles. The van der Waals surface area contributed by atoms with Crippen LogP contribution in [0.15, 0.2) is 54.9 Å². The molecule has 4 aromatic rings. The van der Waals surface area contributed by atoms with E-state index >= 15 is 0 Å². The number of aliphatic carboxylic acids is 1. The molecule has 4 heterocycles. The third-order valence-electron chi connectivity index (χ3n) is 8.71. The molecule has 46 heavy (non-hydrogen) atoms. The number of fused-ring (bicyclic) bond motifs is 2. The Morgan fingerprint density at radius 1 is 1.07 bits per heavy atom. The molecule has 2 aromatic carbocycles. The van der Waals surface area contributed by atoms with E-state index < -0.39 is 42.1 Å². The van der Waals surface area contributed by atoms with Crippen molar-refractivity contribution in [3.05, 3.63) is 54.9 Å². The summed E-state index contributed by atoms with van der Waals surface area (Å²) < 4.78 is 18.6. The molecule has 2 aromatic heterocycles. The Hall–Kier alpha value is -3.89. The summed E-state index contributed by atoms with van der Waals surface area (Å²) in [7, 11) is 0. The van der Waals surface area contributed by atoms with Crippen molar-refractivity contribution in [3.8, 4) is 11.6 Å². The Morgan fingerprint density at radius 3 is 2.59 bits per heavy atom. The molecule has 0 radical (unpaired) electrons. The fraction of sp³-hybridized carbons (Fsp3) is 0.469. The molecule has 0 bridgehead atoms. The number of nitrogens with two attached hydrogens (primary N) is 1. The first-order valence-electron chi connectivity index (χ1n) is 15.2. The maximum atomic E-state index is 11.4. The van der Waals surface area contributed by atoms with Gasteiger partial charge in [-0.2, -0.15) is 0 Å². The first-order valence-corrected chi connectivity index (χ1v) is 15.2. The van der Waals surface area contributed by atoms with Crippen LogP contribution >= 0.6 is 0 Å². The highest BCUT2D eigenvalue weighted by molar-refractivity contribution is 5.92. The maximum Gasteiger partial charge on any atom is 0.335 e. The lowest BCUT2D eigenvalue weighted by atomic mass is 9.94. The van der Waals surface area contributed by atoms with E-state index in [1.807, 2.05) is 22.8 Å². The highest BCUT2D eigenvalue weighted by Crippen LogP contribution is 2.31. The van der Waals surface area contributed by atoms with Crippen LogP contribution < -0.4 is 15.4 Å². The zero-order valence-electron chi connectivity index (χ0n) is 25.3. The predicted molar refractivity (Wildman–Crippen MR) is 167 cm³/mol. The van der Waals surface area contributed by atoms with Crippen molar-refractivity contribution in [1.29, 1.82) is 0 Å². The topological polar surface area (TPSA) is 206 Å². The van der Waals surface area contributed by atoms with Crippen LogP contribution in [0.3, 0.4) is 0 Å². The Labute approximate surface area is 264 Å². The van der Waals surface area contributed by atoms with E-state index in [0.717, 1.165) is 53.9 Å². The highest BCUT2D eigenvalue weighted by Gasteiger charge is 2.48. The molecule has 14 heteroatoms. The molecule has 7 N–H and O–H groups in total. The average molecular weight is 638 g/mol. The summed E-state index contributed by atoms with van der Waals surface area (Å²) in [5.74, 6) is -0.292. The minimum Gasteiger partial charge on any atom is -0.493 e. The zero-order valence-corrected chi connectivity index (χ0v) is 25.3. The Kier molecular flexibility index (Phi) is 9.12. The van der Waals surface area contributed by atoms with E-state index in [0.29, 0.717) is 11.3 Å².